The van der Waals surface area contributed by atoms with Gasteiger partial charge in [0, 0.05) is 25.8 Å². The van der Waals surface area contributed by atoms with Gasteiger partial charge in [-0.3, -0.25) is 10.4 Å². The zero-order valence-electron chi connectivity index (χ0n) is 11.9. The number of rotatable bonds is 6. The van der Waals surface area contributed by atoms with Crippen LogP contribution >= 0.6 is 0 Å². The van der Waals surface area contributed by atoms with Crippen LogP contribution in [0.5, 0.6) is 0 Å². The molecule has 3 unspecified atom stereocenters. The molecule has 0 aromatic heterocycles. The summed E-state index contributed by atoms with van der Waals surface area (Å²) in [4.78, 5) is 4.43. The molecule has 5 nitrogen and oxygen atoms in total. The standard InChI is InChI=1S/C13H28N4O/c1-4-18-9-5-8-15-13(17-14)16-12-7-6-10(2)11(12)3/h10-12H,4-9,14H2,1-3H3,(H2,15,16,17). The number of hydrazine groups is 1. The Hall–Kier alpha value is -0.810. The molecule has 1 saturated carbocycles. The molecule has 5 heteroatoms. The highest BCUT2D eigenvalue weighted by atomic mass is 16.5. The van der Waals surface area contributed by atoms with E-state index in [0.29, 0.717) is 17.9 Å². The summed E-state index contributed by atoms with van der Waals surface area (Å²) < 4.78 is 5.27. The highest BCUT2D eigenvalue weighted by Crippen LogP contribution is 2.30. The van der Waals surface area contributed by atoms with E-state index in [0.717, 1.165) is 32.1 Å². The van der Waals surface area contributed by atoms with E-state index in [9.17, 15) is 0 Å². The van der Waals surface area contributed by atoms with Crippen LogP contribution in [0.25, 0.3) is 0 Å². The Morgan fingerprint density at radius 2 is 2.17 bits per heavy atom. The van der Waals surface area contributed by atoms with E-state index in [1.165, 1.54) is 12.8 Å². The van der Waals surface area contributed by atoms with Crippen molar-refractivity contribution in [2.45, 2.75) is 46.1 Å². The number of ether oxygens (including phenoxy) is 1. The largest absolute Gasteiger partial charge is 0.382 e. The molecular formula is C13H28N4O. The molecule has 1 fully saturated rings. The van der Waals surface area contributed by atoms with Crippen LogP contribution in [0.2, 0.25) is 0 Å². The number of nitrogens with one attached hydrogen (secondary N) is 2. The molecule has 1 aliphatic rings. The van der Waals surface area contributed by atoms with Crippen molar-refractivity contribution < 1.29 is 4.74 Å². The predicted octanol–water partition coefficient (Wildman–Crippen LogP) is 1.26. The van der Waals surface area contributed by atoms with Crippen molar-refractivity contribution >= 4 is 5.96 Å². The minimum absolute atomic E-state index is 0.488. The minimum Gasteiger partial charge on any atom is -0.382 e. The molecule has 0 amide bonds. The van der Waals surface area contributed by atoms with Gasteiger partial charge in [-0.1, -0.05) is 13.8 Å². The van der Waals surface area contributed by atoms with Gasteiger partial charge in [0.05, 0.1) is 0 Å². The normalized spacial score (nSPS) is 28.4. The van der Waals surface area contributed by atoms with Gasteiger partial charge in [-0.2, -0.15) is 0 Å². The lowest BCUT2D eigenvalue weighted by molar-refractivity contribution is 0.146. The third kappa shape index (κ3) is 4.82. The van der Waals surface area contributed by atoms with Gasteiger partial charge in [-0.25, -0.2) is 5.84 Å². The first kappa shape index (κ1) is 15.2. The lowest BCUT2D eigenvalue weighted by Crippen LogP contribution is -2.47. The first-order valence-corrected chi connectivity index (χ1v) is 7.04. The molecular weight excluding hydrogens is 228 g/mol. The van der Waals surface area contributed by atoms with E-state index in [2.05, 4.69) is 29.6 Å². The number of hydrogen-bond donors (Lipinski definition) is 3. The van der Waals surface area contributed by atoms with Crippen LogP contribution in [-0.4, -0.2) is 31.8 Å². The first-order valence-electron chi connectivity index (χ1n) is 7.04. The van der Waals surface area contributed by atoms with Gasteiger partial charge < -0.3 is 10.1 Å². The highest BCUT2D eigenvalue weighted by molar-refractivity contribution is 5.79. The Labute approximate surface area is 111 Å². The van der Waals surface area contributed by atoms with Crippen LogP contribution in [0.4, 0.5) is 0 Å². The monoisotopic (exact) mass is 256 g/mol. The summed E-state index contributed by atoms with van der Waals surface area (Å²) in [7, 11) is 0. The quantitative estimate of drug-likeness (QED) is 0.220. The number of nitrogens with two attached hydrogens (primary N) is 1. The molecule has 0 aliphatic heterocycles. The smallest absolute Gasteiger partial charge is 0.205 e. The molecule has 106 valence electrons. The molecule has 0 saturated heterocycles. The fourth-order valence-corrected chi connectivity index (χ4v) is 2.38. The number of guanidine groups is 1. The van der Waals surface area contributed by atoms with Gasteiger partial charge in [-0.15, -0.1) is 0 Å². The van der Waals surface area contributed by atoms with Gasteiger partial charge in [0.1, 0.15) is 0 Å². The molecule has 3 atom stereocenters. The zero-order valence-corrected chi connectivity index (χ0v) is 11.9. The minimum atomic E-state index is 0.488. The second-order valence-corrected chi connectivity index (χ2v) is 5.09. The summed E-state index contributed by atoms with van der Waals surface area (Å²) >= 11 is 0. The van der Waals surface area contributed by atoms with Crippen molar-refractivity contribution in [2.75, 3.05) is 19.8 Å². The molecule has 0 radical (unpaired) electrons. The van der Waals surface area contributed by atoms with Gasteiger partial charge in [0.15, 0.2) is 0 Å². The summed E-state index contributed by atoms with van der Waals surface area (Å²) in [6, 6.07) is 0.488. The van der Waals surface area contributed by atoms with Crippen molar-refractivity contribution in [1.29, 1.82) is 0 Å². The van der Waals surface area contributed by atoms with Crippen LogP contribution in [0.3, 0.4) is 0 Å². The fraction of sp³-hybridized carbons (Fsp3) is 0.923. The van der Waals surface area contributed by atoms with Crippen molar-refractivity contribution in [3.8, 4) is 0 Å². The zero-order chi connectivity index (χ0) is 13.4. The molecule has 0 bridgehead atoms. The first-order chi connectivity index (χ1) is 8.69. The van der Waals surface area contributed by atoms with E-state index in [-0.39, 0.29) is 0 Å². The fourth-order valence-electron chi connectivity index (χ4n) is 2.38. The molecule has 0 aromatic rings. The summed E-state index contributed by atoms with van der Waals surface area (Å²) in [5, 5.41) is 3.41. The van der Waals surface area contributed by atoms with E-state index < -0.39 is 0 Å². The number of hydrogen-bond acceptors (Lipinski definition) is 3. The molecule has 1 aliphatic carbocycles. The van der Waals surface area contributed by atoms with Crippen LogP contribution in [0.1, 0.15) is 40.0 Å². The van der Waals surface area contributed by atoms with Gasteiger partial charge in [0.25, 0.3) is 0 Å². The Kier molecular flexibility index (Phi) is 7.05. The lowest BCUT2D eigenvalue weighted by atomic mass is 9.98. The van der Waals surface area contributed by atoms with Gasteiger partial charge in [0.2, 0.25) is 5.96 Å². The lowest BCUT2D eigenvalue weighted by Gasteiger charge is -2.21. The molecule has 0 spiro atoms. The van der Waals surface area contributed by atoms with Crippen molar-refractivity contribution in [3.05, 3.63) is 0 Å². The number of nitrogens with zero attached hydrogens (tertiary/aromatic N) is 1. The van der Waals surface area contributed by atoms with Crippen molar-refractivity contribution in [1.82, 2.24) is 10.7 Å². The summed E-state index contributed by atoms with van der Waals surface area (Å²) in [6.07, 6.45) is 3.40. The van der Waals surface area contributed by atoms with E-state index in [1.807, 2.05) is 6.92 Å². The highest BCUT2D eigenvalue weighted by Gasteiger charge is 2.30. The molecule has 0 aromatic carbocycles. The summed E-state index contributed by atoms with van der Waals surface area (Å²) in [5.74, 6) is 7.65. The second kappa shape index (κ2) is 8.32. The van der Waals surface area contributed by atoms with Crippen LogP contribution < -0.4 is 16.6 Å². The Morgan fingerprint density at radius 1 is 1.39 bits per heavy atom. The molecule has 0 heterocycles. The van der Waals surface area contributed by atoms with Crippen LogP contribution in [0.15, 0.2) is 4.99 Å². The molecule has 18 heavy (non-hydrogen) atoms. The van der Waals surface area contributed by atoms with E-state index in [4.69, 9.17) is 10.6 Å². The Balaban J connectivity index is 2.30. The van der Waals surface area contributed by atoms with Crippen molar-refractivity contribution in [3.63, 3.8) is 0 Å². The molecule has 4 N–H and O–H groups in total. The second-order valence-electron chi connectivity index (χ2n) is 5.09. The van der Waals surface area contributed by atoms with Gasteiger partial charge >= 0.3 is 0 Å². The van der Waals surface area contributed by atoms with Crippen LogP contribution in [-0.2, 0) is 4.74 Å². The summed E-state index contributed by atoms with van der Waals surface area (Å²) in [5.41, 5.74) is 2.65. The number of aliphatic imine (C=N–C) groups is 1. The third-order valence-electron chi connectivity index (χ3n) is 3.84. The third-order valence-corrected chi connectivity index (χ3v) is 3.84. The molecule has 1 rings (SSSR count). The maximum atomic E-state index is 5.50. The maximum Gasteiger partial charge on any atom is 0.205 e. The SMILES string of the molecule is CCOCCCN=C(NN)NC1CCC(C)C1C. The van der Waals surface area contributed by atoms with E-state index >= 15 is 0 Å². The summed E-state index contributed by atoms with van der Waals surface area (Å²) in [6.45, 7) is 8.86. The average molecular weight is 256 g/mol. The Bertz CT molecular complexity index is 257. The average Bonchev–Trinajstić information content (AvgIpc) is 2.69. The topological polar surface area (TPSA) is 71.7 Å². The van der Waals surface area contributed by atoms with E-state index in [1.54, 1.807) is 0 Å². The maximum absolute atomic E-state index is 5.50. The Morgan fingerprint density at radius 3 is 2.72 bits per heavy atom. The van der Waals surface area contributed by atoms with Gasteiger partial charge in [-0.05, 0) is 38.0 Å². The van der Waals surface area contributed by atoms with Crippen LogP contribution in [0, 0.1) is 11.8 Å². The van der Waals surface area contributed by atoms with Crippen molar-refractivity contribution in [2.24, 2.45) is 22.7 Å². The predicted molar refractivity (Wildman–Crippen MR) is 75.2 cm³/mol.